The third-order valence-corrected chi connectivity index (χ3v) is 5.80. The number of hydrogen-bond acceptors (Lipinski definition) is 6. The number of pyridine rings is 1. The topological polar surface area (TPSA) is 80.0 Å². The van der Waals surface area contributed by atoms with E-state index < -0.39 is 0 Å². The summed E-state index contributed by atoms with van der Waals surface area (Å²) in [6.45, 7) is 3.46. The molecule has 0 aromatic carbocycles. The van der Waals surface area contributed by atoms with Crippen molar-refractivity contribution in [1.29, 1.82) is 0 Å². The fraction of sp³-hybridized carbons (Fsp3) is 0.632. The Kier molecular flexibility index (Phi) is 5.42. The van der Waals surface area contributed by atoms with Gasteiger partial charge in [0, 0.05) is 31.5 Å². The minimum atomic E-state index is -0.246. The molecule has 2 aliphatic rings. The molecule has 0 saturated carbocycles. The van der Waals surface area contributed by atoms with Gasteiger partial charge in [-0.05, 0) is 73.9 Å². The van der Waals surface area contributed by atoms with Crippen molar-refractivity contribution in [1.82, 2.24) is 35.0 Å². The number of tetrazole rings is 1. The van der Waals surface area contributed by atoms with E-state index in [2.05, 4.69) is 37.4 Å². The smallest absolute Gasteiger partial charge is 0.233 e. The molecule has 27 heavy (non-hydrogen) atoms. The summed E-state index contributed by atoms with van der Waals surface area (Å²) in [6.07, 6.45) is 8.44. The number of carbonyl (C=O) groups is 1. The maximum Gasteiger partial charge on any atom is 0.233 e. The van der Waals surface area contributed by atoms with Crippen molar-refractivity contribution in [3.63, 3.8) is 0 Å². The lowest BCUT2D eigenvalue weighted by atomic mass is 9.96. The van der Waals surface area contributed by atoms with Crippen LogP contribution in [0, 0.1) is 0 Å². The van der Waals surface area contributed by atoms with Gasteiger partial charge in [0.2, 0.25) is 5.91 Å². The predicted molar refractivity (Wildman–Crippen MR) is 99.7 cm³/mol. The Bertz CT molecular complexity index is 754. The summed E-state index contributed by atoms with van der Waals surface area (Å²) in [4.78, 5) is 22.2. The predicted octanol–water partition coefficient (Wildman–Crippen LogP) is 1.46. The first-order valence-electron chi connectivity index (χ1n) is 9.86. The Morgan fingerprint density at radius 1 is 1.15 bits per heavy atom. The van der Waals surface area contributed by atoms with Crippen molar-refractivity contribution in [3.05, 3.63) is 35.9 Å². The van der Waals surface area contributed by atoms with Crippen LogP contribution >= 0.6 is 0 Å². The van der Waals surface area contributed by atoms with Crippen LogP contribution in [0.2, 0.25) is 0 Å². The molecule has 4 rings (SSSR count). The Labute approximate surface area is 159 Å². The summed E-state index contributed by atoms with van der Waals surface area (Å²) in [5.41, 5.74) is 1.12. The van der Waals surface area contributed by atoms with Gasteiger partial charge < -0.3 is 9.80 Å². The van der Waals surface area contributed by atoms with Crippen LogP contribution in [-0.4, -0.2) is 67.1 Å². The van der Waals surface area contributed by atoms with Crippen molar-refractivity contribution in [2.45, 2.75) is 57.2 Å². The number of rotatable bonds is 4. The molecule has 0 N–H and O–H groups in total. The number of piperidine rings is 1. The van der Waals surface area contributed by atoms with Gasteiger partial charge in [-0.25, -0.2) is 4.68 Å². The monoisotopic (exact) mass is 369 g/mol. The fourth-order valence-electron chi connectivity index (χ4n) is 4.17. The summed E-state index contributed by atoms with van der Waals surface area (Å²) in [5, 5.41) is 12.1. The summed E-state index contributed by atoms with van der Waals surface area (Å²) in [6, 6.07) is 4.24. The Balaban J connectivity index is 1.60. The molecule has 1 amide bonds. The van der Waals surface area contributed by atoms with Crippen molar-refractivity contribution in [2.24, 2.45) is 0 Å². The van der Waals surface area contributed by atoms with E-state index in [0.717, 1.165) is 63.1 Å². The molecule has 0 bridgehead atoms. The van der Waals surface area contributed by atoms with E-state index in [-0.39, 0.29) is 17.9 Å². The molecular formula is C19H27N7O. The number of aryl methyl sites for hydroxylation is 1. The molecule has 1 saturated heterocycles. The number of likely N-dealkylation sites (tertiary alicyclic amines) is 1. The van der Waals surface area contributed by atoms with Gasteiger partial charge >= 0.3 is 0 Å². The highest BCUT2D eigenvalue weighted by atomic mass is 16.2. The molecule has 2 aliphatic heterocycles. The Morgan fingerprint density at radius 2 is 1.93 bits per heavy atom. The maximum atomic E-state index is 13.7. The molecule has 8 heteroatoms. The van der Waals surface area contributed by atoms with Crippen LogP contribution in [0.4, 0.5) is 0 Å². The number of fused-ring (bicyclic) bond motifs is 1. The maximum absolute atomic E-state index is 13.7. The van der Waals surface area contributed by atoms with Gasteiger partial charge in [0.25, 0.3) is 0 Å². The standard InChI is InChI=1S/C19H27N7O/c1-24-12-7-16(8-13-24)25(14-15-5-9-20-10-6-15)19(27)17-4-2-3-11-26-18(17)21-22-23-26/h5-6,9-10,16-17H,2-4,7-8,11-14H2,1H3/t17-/m1/s1. The second-order valence-corrected chi connectivity index (χ2v) is 7.66. The molecule has 2 aromatic heterocycles. The third-order valence-electron chi connectivity index (χ3n) is 5.80. The van der Waals surface area contributed by atoms with E-state index in [4.69, 9.17) is 0 Å². The molecule has 0 aliphatic carbocycles. The lowest BCUT2D eigenvalue weighted by Gasteiger charge is -2.38. The van der Waals surface area contributed by atoms with Crippen LogP contribution in [0.15, 0.2) is 24.5 Å². The normalized spacial score (nSPS) is 21.4. The largest absolute Gasteiger partial charge is 0.335 e. The van der Waals surface area contributed by atoms with E-state index in [1.165, 1.54) is 0 Å². The van der Waals surface area contributed by atoms with E-state index in [1.54, 1.807) is 12.4 Å². The quantitative estimate of drug-likeness (QED) is 0.812. The van der Waals surface area contributed by atoms with Crippen LogP contribution < -0.4 is 0 Å². The van der Waals surface area contributed by atoms with E-state index in [1.807, 2.05) is 16.8 Å². The molecule has 1 atom stereocenters. The second-order valence-electron chi connectivity index (χ2n) is 7.66. The second kappa shape index (κ2) is 8.12. The summed E-state index contributed by atoms with van der Waals surface area (Å²) < 4.78 is 1.81. The Hall–Kier alpha value is -2.35. The highest BCUT2D eigenvalue weighted by molar-refractivity contribution is 5.83. The molecule has 0 unspecified atom stereocenters. The molecule has 1 fully saturated rings. The van der Waals surface area contributed by atoms with Gasteiger partial charge in [-0.15, -0.1) is 5.10 Å². The van der Waals surface area contributed by atoms with E-state index in [9.17, 15) is 4.79 Å². The molecule has 0 spiro atoms. The van der Waals surface area contributed by atoms with Crippen molar-refractivity contribution < 1.29 is 4.79 Å². The molecule has 0 radical (unpaired) electrons. The lowest BCUT2D eigenvalue weighted by molar-refractivity contribution is -0.137. The van der Waals surface area contributed by atoms with E-state index in [0.29, 0.717) is 6.54 Å². The van der Waals surface area contributed by atoms with Crippen LogP contribution in [0.5, 0.6) is 0 Å². The van der Waals surface area contributed by atoms with Gasteiger partial charge in [0.15, 0.2) is 5.82 Å². The number of aromatic nitrogens is 5. The van der Waals surface area contributed by atoms with Crippen LogP contribution in [0.1, 0.15) is 49.4 Å². The van der Waals surface area contributed by atoms with Gasteiger partial charge in [0.05, 0.1) is 5.92 Å². The van der Waals surface area contributed by atoms with Gasteiger partial charge in [-0.2, -0.15) is 0 Å². The first kappa shape index (κ1) is 18.0. The third kappa shape index (κ3) is 4.00. The number of carbonyl (C=O) groups excluding carboxylic acids is 1. The lowest BCUT2D eigenvalue weighted by Crippen LogP contribution is -2.47. The zero-order chi connectivity index (χ0) is 18.6. The molecule has 144 valence electrons. The van der Waals surface area contributed by atoms with Crippen molar-refractivity contribution in [2.75, 3.05) is 20.1 Å². The number of hydrogen-bond donors (Lipinski definition) is 0. The Morgan fingerprint density at radius 3 is 2.70 bits per heavy atom. The molecule has 4 heterocycles. The fourth-order valence-corrected chi connectivity index (χ4v) is 4.17. The zero-order valence-electron chi connectivity index (χ0n) is 15.9. The van der Waals surface area contributed by atoms with Crippen LogP contribution in [-0.2, 0) is 17.9 Å². The highest BCUT2D eigenvalue weighted by Gasteiger charge is 2.35. The SMILES string of the molecule is CN1CCC(N(Cc2ccncc2)C(=O)[C@@H]2CCCCn3nnnc32)CC1. The molecule has 8 nitrogen and oxygen atoms in total. The summed E-state index contributed by atoms with van der Waals surface area (Å²) >= 11 is 0. The first-order chi connectivity index (χ1) is 13.2. The van der Waals surface area contributed by atoms with Crippen LogP contribution in [0.25, 0.3) is 0 Å². The summed E-state index contributed by atoms with van der Waals surface area (Å²) in [7, 11) is 2.14. The van der Waals surface area contributed by atoms with E-state index >= 15 is 0 Å². The number of amides is 1. The summed E-state index contributed by atoms with van der Waals surface area (Å²) in [5.74, 6) is 0.647. The number of nitrogens with zero attached hydrogens (tertiary/aromatic N) is 7. The zero-order valence-corrected chi connectivity index (χ0v) is 15.9. The van der Waals surface area contributed by atoms with Crippen LogP contribution in [0.3, 0.4) is 0 Å². The molecule has 2 aromatic rings. The average Bonchev–Trinajstić information content (AvgIpc) is 3.06. The minimum Gasteiger partial charge on any atom is -0.335 e. The molecular weight excluding hydrogens is 342 g/mol. The van der Waals surface area contributed by atoms with Crippen molar-refractivity contribution >= 4 is 5.91 Å². The van der Waals surface area contributed by atoms with Gasteiger partial charge in [-0.1, -0.05) is 6.42 Å². The van der Waals surface area contributed by atoms with Gasteiger partial charge in [-0.3, -0.25) is 9.78 Å². The van der Waals surface area contributed by atoms with Crippen molar-refractivity contribution in [3.8, 4) is 0 Å². The average molecular weight is 369 g/mol. The highest BCUT2D eigenvalue weighted by Crippen LogP contribution is 2.29. The first-order valence-corrected chi connectivity index (χ1v) is 9.86. The minimum absolute atomic E-state index is 0.166. The van der Waals surface area contributed by atoms with Gasteiger partial charge in [0.1, 0.15) is 0 Å².